The molecule has 0 aliphatic carbocycles. The van der Waals surface area contributed by atoms with E-state index in [-0.39, 0.29) is 0 Å². The third-order valence-corrected chi connectivity index (χ3v) is 6.14. The molecule has 132 valence electrons. The van der Waals surface area contributed by atoms with Crippen LogP contribution in [0.1, 0.15) is 11.3 Å². The van der Waals surface area contributed by atoms with Crippen molar-refractivity contribution < 1.29 is 4.74 Å². The predicted octanol–water partition coefficient (Wildman–Crippen LogP) is 5.13. The van der Waals surface area contributed by atoms with Crippen molar-refractivity contribution in [2.24, 2.45) is 0 Å². The molecule has 3 rings (SSSR count). The van der Waals surface area contributed by atoms with Crippen molar-refractivity contribution in [2.45, 2.75) is 45.3 Å². The van der Waals surface area contributed by atoms with E-state index in [9.17, 15) is 0 Å². The molecule has 0 radical (unpaired) electrons. The smallest absolute Gasteiger partial charge is 0.140 e. The van der Waals surface area contributed by atoms with E-state index in [1.54, 1.807) is 0 Å². The summed E-state index contributed by atoms with van der Waals surface area (Å²) in [7, 11) is -1.05. The summed E-state index contributed by atoms with van der Waals surface area (Å²) in [6, 6.07) is 20.3. The molecular formula is C21H28N2OSi. The van der Waals surface area contributed by atoms with Gasteiger partial charge in [0, 0.05) is 20.1 Å². The Morgan fingerprint density at radius 2 is 1.64 bits per heavy atom. The van der Waals surface area contributed by atoms with Crippen LogP contribution in [-0.4, -0.2) is 24.5 Å². The van der Waals surface area contributed by atoms with E-state index in [0.29, 0.717) is 6.73 Å². The first-order chi connectivity index (χ1) is 12.0. The lowest BCUT2D eigenvalue weighted by atomic mass is 10.1. The van der Waals surface area contributed by atoms with Crippen molar-refractivity contribution in [2.75, 3.05) is 6.61 Å². The van der Waals surface area contributed by atoms with Gasteiger partial charge in [0.1, 0.15) is 6.73 Å². The Morgan fingerprint density at radius 3 is 2.40 bits per heavy atom. The van der Waals surface area contributed by atoms with E-state index >= 15 is 0 Å². The number of nitrogens with zero attached hydrogens (tertiary/aromatic N) is 2. The van der Waals surface area contributed by atoms with Gasteiger partial charge in [-0.05, 0) is 30.5 Å². The second-order valence-electron chi connectivity index (χ2n) is 7.80. The van der Waals surface area contributed by atoms with Gasteiger partial charge in [-0.25, -0.2) is 4.68 Å². The molecule has 2 aromatic carbocycles. The second-order valence-corrected chi connectivity index (χ2v) is 13.4. The lowest BCUT2D eigenvalue weighted by Crippen LogP contribution is -2.22. The Hall–Kier alpha value is -1.91. The van der Waals surface area contributed by atoms with E-state index in [1.165, 1.54) is 22.5 Å². The van der Waals surface area contributed by atoms with Crippen LogP contribution in [0.5, 0.6) is 0 Å². The summed E-state index contributed by atoms with van der Waals surface area (Å²) in [5, 5.41) is 6.08. The zero-order valence-corrected chi connectivity index (χ0v) is 16.5. The van der Waals surface area contributed by atoms with Crippen LogP contribution in [0.15, 0.2) is 54.6 Å². The minimum atomic E-state index is -1.05. The van der Waals surface area contributed by atoms with Gasteiger partial charge in [0.25, 0.3) is 0 Å². The number of benzene rings is 2. The van der Waals surface area contributed by atoms with Crippen molar-refractivity contribution in [1.82, 2.24) is 9.78 Å². The molecule has 4 heteroatoms. The second kappa shape index (κ2) is 7.98. The highest BCUT2D eigenvalue weighted by Gasteiger charge is 2.13. The third-order valence-electron chi connectivity index (χ3n) is 4.44. The number of aromatic nitrogens is 2. The maximum Gasteiger partial charge on any atom is 0.140 e. The topological polar surface area (TPSA) is 27.1 Å². The molecule has 0 bridgehead atoms. The fourth-order valence-corrected chi connectivity index (χ4v) is 3.67. The Kier molecular flexibility index (Phi) is 5.71. The van der Waals surface area contributed by atoms with Gasteiger partial charge in [-0.15, -0.1) is 0 Å². The first-order valence-corrected chi connectivity index (χ1v) is 12.8. The fourth-order valence-electron chi connectivity index (χ4n) is 2.92. The normalized spacial score (nSPS) is 12.0. The molecular weight excluding hydrogens is 324 g/mol. The maximum absolute atomic E-state index is 5.92. The van der Waals surface area contributed by atoms with Crippen LogP contribution in [0.3, 0.4) is 0 Å². The van der Waals surface area contributed by atoms with Crippen molar-refractivity contribution >= 4 is 19.0 Å². The first-order valence-electron chi connectivity index (χ1n) is 9.09. The zero-order valence-electron chi connectivity index (χ0n) is 15.5. The summed E-state index contributed by atoms with van der Waals surface area (Å²) >= 11 is 0. The van der Waals surface area contributed by atoms with Crippen LogP contribution in [-0.2, 0) is 24.3 Å². The molecule has 0 N–H and O–H groups in total. The van der Waals surface area contributed by atoms with Crippen molar-refractivity contribution in [3.63, 3.8) is 0 Å². The molecule has 0 spiro atoms. The summed E-state index contributed by atoms with van der Waals surface area (Å²) < 4.78 is 7.93. The highest BCUT2D eigenvalue weighted by molar-refractivity contribution is 6.76. The van der Waals surface area contributed by atoms with Crippen LogP contribution in [0, 0.1) is 0 Å². The van der Waals surface area contributed by atoms with Crippen molar-refractivity contribution in [1.29, 1.82) is 0 Å². The van der Waals surface area contributed by atoms with Crippen molar-refractivity contribution in [3.05, 3.63) is 65.9 Å². The number of fused-ring (bicyclic) bond motifs is 1. The van der Waals surface area contributed by atoms with Gasteiger partial charge >= 0.3 is 0 Å². The summed E-state index contributed by atoms with van der Waals surface area (Å²) in [4.78, 5) is 0. The number of ether oxygens (including phenoxy) is 1. The largest absolute Gasteiger partial charge is 0.360 e. The van der Waals surface area contributed by atoms with Crippen LogP contribution < -0.4 is 0 Å². The number of aryl methyl sites for hydroxylation is 2. The molecule has 0 unspecified atom stereocenters. The molecule has 0 aliphatic heterocycles. The molecule has 0 saturated heterocycles. The zero-order chi connectivity index (χ0) is 17.7. The van der Waals surface area contributed by atoms with Gasteiger partial charge < -0.3 is 4.74 Å². The Balaban J connectivity index is 1.69. The van der Waals surface area contributed by atoms with Crippen LogP contribution in [0.4, 0.5) is 0 Å². The number of hydrogen-bond acceptors (Lipinski definition) is 2. The van der Waals surface area contributed by atoms with Gasteiger partial charge in [-0.3, -0.25) is 0 Å². The average Bonchev–Trinajstić information content (AvgIpc) is 2.95. The molecule has 25 heavy (non-hydrogen) atoms. The van der Waals surface area contributed by atoms with Gasteiger partial charge in [-0.2, -0.15) is 5.10 Å². The van der Waals surface area contributed by atoms with E-state index in [2.05, 4.69) is 74.2 Å². The van der Waals surface area contributed by atoms with E-state index in [1.807, 2.05) is 4.68 Å². The molecule has 3 aromatic rings. The monoisotopic (exact) mass is 352 g/mol. The SMILES string of the molecule is C[Si](C)(C)CCOCn1nc(CCc2ccccc2)c2ccccc21. The van der Waals surface area contributed by atoms with E-state index in [0.717, 1.165) is 25.1 Å². The quantitative estimate of drug-likeness (QED) is 0.415. The maximum atomic E-state index is 5.92. The highest BCUT2D eigenvalue weighted by atomic mass is 28.3. The van der Waals surface area contributed by atoms with E-state index in [4.69, 9.17) is 9.84 Å². The Morgan fingerprint density at radius 1 is 0.920 bits per heavy atom. The van der Waals surface area contributed by atoms with E-state index < -0.39 is 8.07 Å². The molecule has 3 nitrogen and oxygen atoms in total. The van der Waals surface area contributed by atoms with Gasteiger partial charge in [-0.1, -0.05) is 68.2 Å². The minimum Gasteiger partial charge on any atom is -0.360 e. The summed E-state index contributed by atoms with van der Waals surface area (Å²) in [6.45, 7) is 8.49. The average molecular weight is 353 g/mol. The summed E-state index contributed by atoms with van der Waals surface area (Å²) in [6.07, 6.45) is 1.96. The number of hydrogen-bond donors (Lipinski definition) is 0. The lowest BCUT2D eigenvalue weighted by Gasteiger charge is -2.15. The fraction of sp³-hybridized carbons (Fsp3) is 0.381. The predicted molar refractivity (Wildman–Crippen MR) is 108 cm³/mol. The highest BCUT2D eigenvalue weighted by Crippen LogP contribution is 2.20. The Labute approximate surface area is 151 Å². The molecule has 0 amide bonds. The molecule has 0 fully saturated rings. The van der Waals surface area contributed by atoms with Gasteiger partial charge in [0.15, 0.2) is 0 Å². The summed E-state index contributed by atoms with van der Waals surface area (Å²) in [5.74, 6) is 0. The Bertz CT molecular complexity index is 806. The molecule has 1 aromatic heterocycles. The minimum absolute atomic E-state index is 0.538. The molecule has 0 saturated carbocycles. The van der Waals surface area contributed by atoms with Crippen LogP contribution in [0.25, 0.3) is 10.9 Å². The third kappa shape index (κ3) is 5.03. The molecule has 0 aliphatic rings. The lowest BCUT2D eigenvalue weighted by molar-refractivity contribution is 0.0814. The van der Waals surface area contributed by atoms with Crippen molar-refractivity contribution in [3.8, 4) is 0 Å². The first kappa shape index (κ1) is 17.9. The van der Waals surface area contributed by atoms with Gasteiger partial charge in [0.2, 0.25) is 0 Å². The van der Waals surface area contributed by atoms with Crippen LogP contribution in [0.2, 0.25) is 25.7 Å². The number of rotatable bonds is 8. The van der Waals surface area contributed by atoms with Gasteiger partial charge in [0.05, 0.1) is 11.2 Å². The van der Waals surface area contributed by atoms with Crippen LogP contribution >= 0.6 is 0 Å². The number of para-hydroxylation sites is 1. The standard InChI is InChI=1S/C21H28N2OSi/c1-25(2,3)16-15-24-17-23-21-12-8-7-11-19(21)20(22-23)14-13-18-9-5-4-6-10-18/h4-12H,13-17H2,1-3H3. The molecule has 1 heterocycles. The molecule has 0 atom stereocenters. The summed E-state index contributed by atoms with van der Waals surface area (Å²) in [5.41, 5.74) is 3.68.